The van der Waals surface area contributed by atoms with Gasteiger partial charge >= 0.3 is 6.16 Å². The summed E-state index contributed by atoms with van der Waals surface area (Å²) >= 11 is 0. The minimum Gasteiger partial charge on any atom is -0.450 e. The van der Waals surface area contributed by atoms with Gasteiger partial charge in [-0.15, -0.1) is 0 Å². The van der Waals surface area contributed by atoms with Gasteiger partial charge in [0.25, 0.3) is 0 Å². The summed E-state index contributed by atoms with van der Waals surface area (Å²) < 4.78 is 1.97. The molecule has 3 heterocycles. The van der Waals surface area contributed by atoms with Gasteiger partial charge in [0, 0.05) is 30.8 Å². The molecular formula is C22H31N5O5. The Morgan fingerprint density at radius 1 is 1.28 bits per heavy atom. The predicted octanol–water partition coefficient (Wildman–Crippen LogP) is 3.74. The maximum Gasteiger partial charge on any atom is 0.503 e. The fourth-order valence-corrected chi connectivity index (χ4v) is 4.73. The Balaban J connectivity index is 0.000000567. The molecule has 2 saturated carbocycles. The normalized spacial score (nSPS) is 25.0. The number of nitrogens with zero attached hydrogens (tertiary/aromatic N) is 4. The van der Waals surface area contributed by atoms with Crippen LogP contribution in [0.5, 0.6) is 0 Å². The lowest BCUT2D eigenvalue weighted by Gasteiger charge is -2.33. The van der Waals surface area contributed by atoms with E-state index in [1.807, 2.05) is 10.9 Å². The van der Waals surface area contributed by atoms with Crippen LogP contribution in [0, 0.1) is 6.92 Å². The number of aliphatic hydroxyl groups is 1. The first-order valence-corrected chi connectivity index (χ1v) is 11.3. The number of hydrogen-bond acceptors (Lipinski definition) is 7. The second-order valence-corrected chi connectivity index (χ2v) is 8.92. The van der Waals surface area contributed by atoms with Gasteiger partial charge in [0.05, 0.1) is 28.6 Å². The van der Waals surface area contributed by atoms with Crippen LogP contribution in [0.4, 0.5) is 10.5 Å². The van der Waals surface area contributed by atoms with Crippen LogP contribution in [-0.2, 0) is 11.4 Å². The monoisotopic (exact) mass is 445 g/mol. The number of hydrogen-bond donors (Lipinski definition) is 4. The van der Waals surface area contributed by atoms with Gasteiger partial charge in [-0.3, -0.25) is 0 Å². The Hall–Kier alpha value is -2.88. The molecular weight excluding hydrogens is 414 g/mol. The Morgan fingerprint density at radius 2 is 1.97 bits per heavy atom. The van der Waals surface area contributed by atoms with E-state index in [0.29, 0.717) is 6.04 Å². The molecule has 5 rings (SSSR count). The molecule has 0 amide bonds. The maximum absolute atomic E-state index is 9.86. The quantitative estimate of drug-likeness (QED) is 0.557. The third-order valence-electron chi connectivity index (χ3n) is 6.71. The van der Waals surface area contributed by atoms with Crippen LogP contribution >= 0.6 is 0 Å². The van der Waals surface area contributed by atoms with Crippen molar-refractivity contribution in [3.05, 3.63) is 17.5 Å². The van der Waals surface area contributed by atoms with Crippen LogP contribution in [0.1, 0.15) is 69.5 Å². The predicted molar refractivity (Wildman–Crippen MR) is 119 cm³/mol. The highest BCUT2D eigenvalue weighted by Crippen LogP contribution is 2.42. The molecule has 0 atom stereocenters. The van der Waals surface area contributed by atoms with Gasteiger partial charge in [-0.05, 0) is 58.8 Å². The summed E-state index contributed by atoms with van der Waals surface area (Å²) in [5.74, 6) is 0. The van der Waals surface area contributed by atoms with Crippen molar-refractivity contribution in [2.75, 3.05) is 5.32 Å². The molecule has 2 aliphatic carbocycles. The average molecular weight is 446 g/mol. The number of nitrogens with one attached hydrogen (secondary N) is 1. The molecule has 0 bridgehead atoms. The third-order valence-corrected chi connectivity index (χ3v) is 6.71. The summed E-state index contributed by atoms with van der Waals surface area (Å²) in [7, 11) is 0. The smallest absolute Gasteiger partial charge is 0.450 e. The van der Waals surface area contributed by atoms with Crippen molar-refractivity contribution >= 4 is 28.6 Å². The number of rotatable bonds is 4. The fourth-order valence-electron chi connectivity index (χ4n) is 4.73. The van der Waals surface area contributed by atoms with Crippen LogP contribution in [0.25, 0.3) is 11.0 Å². The van der Waals surface area contributed by atoms with E-state index in [-0.39, 0.29) is 11.7 Å². The zero-order chi connectivity index (χ0) is 22.9. The first kappa shape index (κ1) is 22.3. The van der Waals surface area contributed by atoms with Gasteiger partial charge in [-0.25, -0.2) is 14.5 Å². The Labute approximate surface area is 186 Å². The van der Waals surface area contributed by atoms with Crippen molar-refractivity contribution in [1.29, 1.82) is 0 Å². The van der Waals surface area contributed by atoms with E-state index < -0.39 is 6.16 Å². The van der Waals surface area contributed by atoms with Crippen LogP contribution in [0.3, 0.4) is 0 Å². The number of carbonyl (C=O) groups is 1. The highest BCUT2D eigenvalue weighted by molar-refractivity contribution is 6.11. The SMILES string of the molecule is CCn1nc(C)c2c(NC3CCC3)c(C3=NOC4(CCC(O)CC4)C3)cnc21.O=C(O)O. The Kier molecular flexibility index (Phi) is 6.23. The molecule has 0 saturated heterocycles. The minimum absolute atomic E-state index is 0.199. The summed E-state index contributed by atoms with van der Waals surface area (Å²) in [5.41, 5.74) is 4.81. The Morgan fingerprint density at radius 3 is 2.56 bits per heavy atom. The van der Waals surface area contributed by atoms with Crippen molar-refractivity contribution in [3.8, 4) is 0 Å². The number of aromatic nitrogens is 3. The van der Waals surface area contributed by atoms with E-state index in [2.05, 4.69) is 24.3 Å². The number of aliphatic hydroxyl groups excluding tert-OH is 1. The summed E-state index contributed by atoms with van der Waals surface area (Å²) in [6.07, 6.45) is 7.67. The largest absolute Gasteiger partial charge is 0.503 e. The standard InChI is InChI=1S/C21H29N5O2.CH2O3/c1-3-26-20-18(13(2)24-26)19(23-14-5-4-6-14)16(12-22-20)17-11-21(28-25-17)9-7-15(27)8-10-21;2-1(3)4/h12,14-15,27H,3-11H2,1-2H3,(H,22,23);(H2,2,3,4). The Bertz CT molecular complexity index is 1020. The summed E-state index contributed by atoms with van der Waals surface area (Å²) in [6.45, 7) is 4.95. The highest BCUT2D eigenvalue weighted by atomic mass is 16.7. The molecule has 2 aromatic heterocycles. The van der Waals surface area contributed by atoms with Gasteiger partial charge < -0.3 is 25.5 Å². The van der Waals surface area contributed by atoms with Crippen molar-refractivity contribution in [1.82, 2.24) is 14.8 Å². The lowest BCUT2D eigenvalue weighted by molar-refractivity contribution is -0.0676. The molecule has 3 aliphatic rings. The molecule has 32 heavy (non-hydrogen) atoms. The van der Waals surface area contributed by atoms with Crippen LogP contribution < -0.4 is 5.32 Å². The zero-order valence-electron chi connectivity index (χ0n) is 18.5. The van der Waals surface area contributed by atoms with E-state index >= 15 is 0 Å². The van der Waals surface area contributed by atoms with Crippen LogP contribution in [-0.4, -0.2) is 59.7 Å². The van der Waals surface area contributed by atoms with Gasteiger partial charge in [0.15, 0.2) is 5.65 Å². The van der Waals surface area contributed by atoms with Crippen molar-refractivity contribution < 1.29 is 25.0 Å². The molecule has 0 aromatic carbocycles. The molecule has 174 valence electrons. The lowest BCUT2D eigenvalue weighted by atomic mass is 9.79. The molecule has 0 unspecified atom stereocenters. The number of carboxylic acid groups (broad SMARTS) is 2. The van der Waals surface area contributed by atoms with Crippen LogP contribution in [0.2, 0.25) is 0 Å². The molecule has 4 N–H and O–H groups in total. The first-order chi connectivity index (χ1) is 15.3. The van der Waals surface area contributed by atoms with Crippen LogP contribution in [0.15, 0.2) is 11.4 Å². The third kappa shape index (κ3) is 4.36. The number of fused-ring (bicyclic) bond motifs is 1. The zero-order valence-corrected chi connectivity index (χ0v) is 18.5. The second kappa shape index (κ2) is 8.93. The summed E-state index contributed by atoms with van der Waals surface area (Å²) in [5, 5.41) is 37.9. The van der Waals surface area contributed by atoms with Gasteiger partial charge in [-0.2, -0.15) is 5.10 Å². The maximum atomic E-state index is 9.86. The minimum atomic E-state index is -1.83. The average Bonchev–Trinajstić information content (AvgIpc) is 3.28. The van der Waals surface area contributed by atoms with Gasteiger partial charge in [-0.1, -0.05) is 5.16 Å². The van der Waals surface area contributed by atoms with E-state index in [1.165, 1.54) is 19.3 Å². The highest BCUT2D eigenvalue weighted by Gasteiger charge is 2.43. The number of pyridine rings is 1. The topological polar surface area (TPSA) is 142 Å². The molecule has 2 aromatic rings. The number of aryl methyl sites for hydroxylation is 2. The second-order valence-electron chi connectivity index (χ2n) is 8.92. The van der Waals surface area contributed by atoms with E-state index in [9.17, 15) is 5.11 Å². The molecule has 2 fully saturated rings. The summed E-state index contributed by atoms with van der Waals surface area (Å²) in [6, 6.07) is 0.510. The molecule has 1 aliphatic heterocycles. The summed E-state index contributed by atoms with van der Waals surface area (Å²) in [4.78, 5) is 19.3. The van der Waals surface area contributed by atoms with E-state index in [0.717, 1.165) is 72.3 Å². The first-order valence-electron chi connectivity index (χ1n) is 11.3. The molecule has 0 radical (unpaired) electrons. The van der Waals surface area contributed by atoms with E-state index in [1.54, 1.807) is 0 Å². The molecule has 1 spiro atoms. The number of oxime groups is 1. The lowest BCUT2D eigenvalue weighted by Crippen LogP contribution is -2.36. The van der Waals surface area contributed by atoms with Gasteiger partial charge in [0.1, 0.15) is 5.60 Å². The van der Waals surface area contributed by atoms with Crippen molar-refractivity contribution in [2.45, 2.75) is 89.5 Å². The van der Waals surface area contributed by atoms with Gasteiger partial charge in [0.2, 0.25) is 0 Å². The fraction of sp³-hybridized carbons (Fsp3) is 0.636. The molecule has 10 nitrogen and oxygen atoms in total. The van der Waals surface area contributed by atoms with Crippen molar-refractivity contribution in [2.24, 2.45) is 5.16 Å². The number of anilines is 1. The van der Waals surface area contributed by atoms with Crippen molar-refractivity contribution in [3.63, 3.8) is 0 Å². The van der Waals surface area contributed by atoms with E-state index in [4.69, 9.17) is 29.9 Å². The molecule has 10 heteroatoms.